The standard InChI is InChI=1S/C60H49BN4/c1-59(2,3)44-29-42(30-45(37-44)60(4,5)6)57-48-27-17-18-28-51(48)62-58(63-57)43-35-54-56-55(36-43)65(47-25-11-8-12-26-47)53-34-41-22-16-14-20-39(41)32-50(53)61(56)49-31-38-19-13-15-21-40(38)33-52(49)64(54)46-23-9-7-10-24-46/h7-37H,1-6H3. The van der Waals surface area contributed by atoms with Crippen molar-refractivity contribution in [1.82, 2.24) is 9.97 Å². The zero-order valence-corrected chi connectivity index (χ0v) is 37.8. The van der Waals surface area contributed by atoms with Gasteiger partial charge in [-0.3, -0.25) is 0 Å². The lowest BCUT2D eigenvalue weighted by atomic mass is 9.33. The normalized spacial score (nSPS) is 13.3. The topological polar surface area (TPSA) is 32.3 Å². The third kappa shape index (κ3) is 6.44. The van der Waals surface area contributed by atoms with Crippen molar-refractivity contribution < 1.29 is 0 Å². The number of hydrogen-bond donors (Lipinski definition) is 0. The first kappa shape index (κ1) is 39.1. The molecule has 312 valence electrons. The van der Waals surface area contributed by atoms with Crippen molar-refractivity contribution in [2.45, 2.75) is 52.4 Å². The summed E-state index contributed by atoms with van der Waals surface area (Å²) < 4.78 is 0. The molecule has 0 spiro atoms. The van der Waals surface area contributed by atoms with Crippen LogP contribution in [0.25, 0.3) is 55.1 Å². The predicted octanol–water partition coefficient (Wildman–Crippen LogP) is 13.9. The first-order valence-corrected chi connectivity index (χ1v) is 22.9. The quantitative estimate of drug-likeness (QED) is 0.165. The van der Waals surface area contributed by atoms with E-state index in [2.05, 4.69) is 239 Å². The number of benzene rings is 9. The van der Waals surface area contributed by atoms with Crippen LogP contribution < -0.4 is 26.2 Å². The first-order chi connectivity index (χ1) is 31.5. The molecule has 0 saturated carbocycles. The Morgan fingerprint density at radius 1 is 0.400 bits per heavy atom. The molecule has 4 nitrogen and oxygen atoms in total. The van der Waals surface area contributed by atoms with Gasteiger partial charge in [0.25, 0.3) is 6.71 Å². The van der Waals surface area contributed by atoms with Gasteiger partial charge in [-0.05, 0) is 127 Å². The smallest absolute Gasteiger partial charge is 0.252 e. The summed E-state index contributed by atoms with van der Waals surface area (Å²) in [6.07, 6.45) is 0. The van der Waals surface area contributed by atoms with Gasteiger partial charge in [0, 0.05) is 50.6 Å². The Hall–Kier alpha value is -7.50. The average Bonchev–Trinajstić information content (AvgIpc) is 3.32. The van der Waals surface area contributed by atoms with E-state index in [0.717, 1.165) is 50.5 Å². The maximum atomic E-state index is 5.67. The van der Waals surface area contributed by atoms with Crippen molar-refractivity contribution in [2.75, 3.05) is 9.80 Å². The summed E-state index contributed by atoms with van der Waals surface area (Å²) in [6, 6.07) is 69.3. The average molecular weight is 837 g/mol. The summed E-state index contributed by atoms with van der Waals surface area (Å²) in [5.41, 5.74) is 17.1. The summed E-state index contributed by atoms with van der Waals surface area (Å²) in [6.45, 7) is 13.7. The van der Waals surface area contributed by atoms with Gasteiger partial charge in [0.2, 0.25) is 0 Å². The summed E-state index contributed by atoms with van der Waals surface area (Å²) in [7, 11) is 0. The number of aromatic nitrogens is 2. The lowest BCUT2D eigenvalue weighted by molar-refractivity contribution is 0.569. The highest BCUT2D eigenvalue weighted by Crippen LogP contribution is 2.47. The van der Waals surface area contributed by atoms with Gasteiger partial charge in [0.1, 0.15) is 0 Å². The third-order valence-electron chi connectivity index (χ3n) is 13.6. The van der Waals surface area contributed by atoms with Crippen LogP contribution in [0, 0.1) is 0 Å². The Kier molecular flexibility index (Phi) is 8.74. The Labute approximate surface area is 382 Å². The highest BCUT2D eigenvalue weighted by atomic mass is 15.2. The van der Waals surface area contributed by atoms with E-state index in [4.69, 9.17) is 9.97 Å². The summed E-state index contributed by atoms with van der Waals surface area (Å²) >= 11 is 0. The SMILES string of the molecule is CC(C)(C)c1cc(-c2nc(-c3cc4c5c(c3)N(c3ccccc3)c3cc6ccccc6cc3B5c3cc5ccccc5cc3N4c3ccccc3)nc3ccccc23)cc(C(C)(C)C)c1. The lowest BCUT2D eigenvalue weighted by Crippen LogP contribution is -2.61. The van der Waals surface area contributed by atoms with Gasteiger partial charge in [0.05, 0.1) is 11.2 Å². The molecule has 0 atom stereocenters. The minimum absolute atomic E-state index is 0.0442. The van der Waals surface area contributed by atoms with Crippen LogP contribution in [0.15, 0.2) is 188 Å². The molecule has 0 N–H and O–H groups in total. The molecule has 0 unspecified atom stereocenters. The molecule has 9 aromatic carbocycles. The largest absolute Gasteiger partial charge is 0.311 e. The van der Waals surface area contributed by atoms with Gasteiger partial charge < -0.3 is 9.80 Å². The Bertz CT molecular complexity index is 3350. The highest BCUT2D eigenvalue weighted by Gasteiger charge is 2.44. The Morgan fingerprint density at radius 2 is 0.846 bits per heavy atom. The van der Waals surface area contributed by atoms with Gasteiger partial charge >= 0.3 is 0 Å². The number of rotatable bonds is 4. The van der Waals surface area contributed by atoms with Crippen LogP contribution in [0.5, 0.6) is 0 Å². The molecule has 0 aliphatic carbocycles. The number of nitrogens with zero attached hydrogens (tertiary/aromatic N) is 4. The molecular formula is C60H49BN4. The molecule has 5 heteroatoms. The van der Waals surface area contributed by atoms with E-state index in [1.54, 1.807) is 0 Å². The van der Waals surface area contributed by atoms with E-state index >= 15 is 0 Å². The zero-order valence-electron chi connectivity index (χ0n) is 37.8. The van der Waals surface area contributed by atoms with Gasteiger partial charge in [0.15, 0.2) is 5.82 Å². The molecule has 2 aliphatic heterocycles. The highest BCUT2D eigenvalue weighted by molar-refractivity contribution is 7.00. The van der Waals surface area contributed by atoms with Crippen molar-refractivity contribution in [3.05, 3.63) is 199 Å². The fraction of sp³-hybridized carbons (Fsp3) is 0.133. The molecule has 1 aromatic heterocycles. The minimum atomic E-state index is -0.0512. The molecule has 2 aliphatic rings. The second kappa shape index (κ2) is 14.5. The van der Waals surface area contributed by atoms with E-state index in [1.165, 1.54) is 60.4 Å². The molecule has 10 aromatic rings. The summed E-state index contributed by atoms with van der Waals surface area (Å²) in [5, 5.41) is 5.93. The van der Waals surface area contributed by atoms with E-state index in [0.29, 0.717) is 5.82 Å². The maximum Gasteiger partial charge on any atom is 0.252 e. The van der Waals surface area contributed by atoms with Gasteiger partial charge in [-0.15, -0.1) is 0 Å². The number of anilines is 6. The van der Waals surface area contributed by atoms with E-state index in [-0.39, 0.29) is 17.5 Å². The lowest BCUT2D eigenvalue weighted by Gasteiger charge is -2.44. The second-order valence-electron chi connectivity index (χ2n) is 19.9. The zero-order chi connectivity index (χ0) is 44.2. The minimum Gasteiger partial charge on any atom is -0.311 e. The Balaban J connectivity index is 1.20. The first-order valence-electron chi connectivity index (χ1n) is 22.9. The van der Waals surface area contributed by atoms with Crippen LogP contribution in [-0.2, 0) is 10.8 Å². The van der Waals surface area contributed by atoms with Crippen LogP contribution in [-0.4, -0.2) is 16.7 Å². The molecule has 65 heavy (non-hydrogen) atoms. The monoisotopic (exact) mass is 836 g/mol. The van der Waals surface area contributed by atoms with Crippen LogP contribution in [0.1, 0.15) is 52.7 Å². The molecule has 0 amide bonds. The third-order valence-corrected chi connectivity index (χ3v) is 13.6. The molecular weight excluding hydrogens is 787 g/mol. The maximum absolute atomic E-state index is 5.67. The number of para-hydroxylation sites is 3. The van der Waals surface area contributed by atoms with Crippen LogP contribution in [0.4, 0.5) is 34.1 Å². The number of hydrogen-bond acceptors (Lipinski definition) is 4. The van der Waals surface area contributed by atoms with Crippen molar-refractivity contribution >= 4 is 89.7 Å². The van der Waals surface area contributed by atoms with Crippen LogP contribution >= 0.6 is 0 Å². The van der Waals surface area contributed by atoms with E-state index in [9.17, 15) is 0 Å². The van der Waals surface area contributed by atoms with Gasteiger partial charge in [-0.2, -0.15) is 0 Å². The number of fused-ring (bicyclic) bond motifs is 7. The van der Waals surface area contributed by atoms with Crippen molar-refractivity contribution in [1.29, 1.82) is 0 Å². The molecule has 0 saturated heterocycles. The fourth-order valence-electron chi connectivity index (χ4n) is 10.3. The summed E-state index contributed by atoms with van der Waals surface area (Å²) in [5.74, 6) is 0.697. The predicted molar refractivity (Wildman–Crippen MR) is 277 cm³/mol. The van der Waals surface area contributed by atoms with Crippen molar-refractivity contribution in [3.8, 4) is 22.6 Å². The summed E-state index contributed by atoms with van der Waals surface area (Å²) in [4.78, 5) is 16.1. The van der Waals surface area contributed by atoms with Crippen LogP contribution in [0.2, 0.25) is 0 Å². The second-order valence-corrected chi connectivity index (χ2v) is 19.9. The Morgan fingerprint density at radius 3 is 1.34 bits per heavy atom. The fourth-order valence-corrected chi connectivity index (χ4v) is 10.3. The molecule has 12 rings (SSSR count). The molecule has 0 fully saturated rings. The molecule has 3 heterocycles. The van der Waals surface area contributed by atoms with Crippen LogP contribution in [0.3, 0.4) is 0 Å². The van der Waals surface area contributed by atoms with E-state index in [1.807, 2.05) is 0 Å². The van der Waals surface area contributed by atoms with Gasteiger partial charge in [-0.25, -0.2) is 9.97 Å². The van der Waals surface area contributed by atoms with E-state index < -0.39 is 0 Å². The van der Waals surface area contributed by atoms with Crippen molar-refractivity contribution in [2.24, 2.45) is 0 Å². The van der Waals surface area contributed by atoms with Crippen molar-refractivity contribution in [3.63, 3.8) is 0 Å². The van der Waals surface area contributed by atoms with Gasteiger partial charge in [-0.1, -0.05) is 163 Å². The molecule has 0 radical (unpaired) electrons. The molecule has 0 bridgehead atoms.